The quantitative estimate of drug-likeness (QED) is 0.818. The molecule has 2 aromatic carbocycles. The number of benzene rings is 2. The van der Waals surface area contributed by atoms with E-state index >= 15 is 0 Å². The Kier molecular flexibility index (Phi) is 6.19. The van der Waals surface area contributed by atoms with Gasteiger partial charge in [-0.1, -0.05) is 12.1 Å². The van der Waals surface area contributed by atoms with Crippen LogP contribution in [0.5, 0.6) is 11.5 Å². The van der Waals surface area contributed by atoms with Gasteiger partial charge < -0.3 is 20.1 Å². The minimum absolute atomic E-state index is 0.0409. The molecule has 0 atom stereocenters. The normalized spacial score (nSPS) is 9.92. The van der Waals surface area contributed by atoms with Gasteiger partial charge in [-0.3, -0.25) is 9.59 Å². The number of likely N-dealkylation sites (N-methyl/N-ethyl adjacent to an activating group) is 1. The largest absolute Gasteiger partial charge is 0.496 e. The van der Waals surface area contributed by atoms with E-state index in [0.29, 0.717) is 29.3 Å². The summed E-state index contributed by atoms with van der Waals surface area (Å²) in [6.45, 7) is 2.37. The lowest BCUT2D eigenvalue weighted by atomic mass is 10.2. The lowest BCUT2D eigenvalue weighted by molar-refractivity contribution is -0.122. The molecule has 0 saturated carbocycles. The molecule has 0 heterocycles. The number of anilines is 1. The van der Waals surface area contributed by atoms with Crippen LogP contribution < -0.4 is 20.1 Å². The molecule has 0 aliphatic heterocycles. The minimum atomic E-state index is -0.261. The van der Waals surface area contributed by atoms with E-state index < -0.39 is 0 Å². The van der Waals surface area contributed by atoms with Crippen LogP contribution in [0.1, 0.15) is 17.3 Å². The summed E-state index contributed by atoms with van der Waals surface area (Å²) < 4.78 is 10.5. The summed E-state index contributed by atoms with van der Waals surface area (Å²) in [6.07, 6.45) is 0. The van der Waals surface area contributed by atoms with E-state index in [1.807, 2.05) is 6.92 Å². The first-order valence-corrected chi connectivity index (χ1v) is 7.58. The highest BCUT2D eigenvalue weighted by molar-refractivity contribution is 6.06. The molecule has 0 aromatic heterocycles. The first-order valence-electron chi connectivity index (χ1n) is 7.58. The summed E-state index contributed by atoms with van der Waals surface area (Å²) >= 11 is 0. The van der Waals surface area contributed by atoms with Gasteiger partial charge in [-0.25, -0.2) is 0 Å². The molecule has 2 rings (SSSR count). The van der Waals surface area contributed by atoms with Gasteiger partial charge in [0.25, 0.3) is 11.8 Å². The Hall–Kier alpha value is -3.02. The van der Waals surface area contributed by atoms with Gasteiger partial charge in [-0.05, 0) is 43.3 Å². The van der Waals surface area contributed by atoms with Crippen LogP contribution in [0.15, 0.2) is 48.5 Å². The zero-order valence-corrected chi connectivity index (χ0v) is 13.7. The Labute approximate surface area is 140 Å². The third-order valence-electron chi connectivity index (χ3n) is 3.21. The number of hydrogen-bond donors (Lipinski definition) is 2. The first kappa shape index (κ1) is 17.3. The molecule has 0 spiro atoms. The van der Waals surface area contributed by atoms with Gasteiger partial charge in [0.15, 0.2) is 6.61 Å². The Bertz CT molecular complexity index is 698. The van der Waals surface area contributed by atoms with Crippen molar-refractivity contribution in [2.24, 2.45) is 0 Å². The Balaban J connectivity index is 1.96. The molecule has 2 aromatic rings. The van der Waals surface area contributed by atoms with Crippen LogP contribution in [0.25, 0.3) is 0 Å². The van der Waals surface area contributed by atoms with Gasteiger partial charge in [0.1, 0.15) is 11.5 Å². The van der Waals surface area contributed by atoms with Gasteiger partial charge >= 0.3 is 0 Å². The lowest BCUT2D eigenvalue weighted by Crippen LogP contribution is -2.28. The molecule has 6 heteroatoms. The molecule has 0 fully saturated rings. The molecule has 0 unspecified atom stereocenters. The number of methoxy groups -OCH3 is 1. The fourth-order valence-corrected chi connectivity index (χ4v) is 2.06. The summed E-state index contributed by atoms with van der Waals surface area (Å²) in [4.78, 5) is 23.6. The van der Waals surface area contributed by atoms with E-state index in [1.54, 1.807) is 48.5 Å². The smallest absolute Gasteiger partial charge is 0.259 e. The van der Waals surface area contributed by atoms with Gasteiger partial charge in [0.05, 0.1) is 12.7 Å². The van der Waals surface area contributed by atoms with Crippen LogP contribution in [0.3, 0.4) is 0 Å². The fourth-order valence-electron chi connectivity index (χ4n) is 2.06. The monoisotopic (exact) mass is 328 g/mol. The molecule has 2 N–H and O–H groups in total. The summed E-state index contributed by atoms with van der Waals surface area (Å²) in [5.74, 6) is 0.628. The van der Waals surface area contributed by atoms with Crippen LogP contribution >= 0.6 is 0 Å². The van der Waals surface area contributed by atoms with Crippen molar-refractivity contribution in [1.82, 2.24) is 5.32 Å². The highest BCUT2D eigenvalue weighted by atomic mass is 16.5. The highest BCUT2D eigenvalue weighted by Crippen LogP contribution is 2.20. The molecule has 126 valence electrons. The van der Waals surface area contributed by atoms with E-state index in [9.17, 15) is 9.59 Å². The van der Waals surface area contributed by atoms with Crippen LogP contribution in [0.2, 0.25) is 0 Å². The van der Waals surface area contributed by atoms with Crippen LogP contribution in [-0.4, -0.2) is 32.1 Å². The van der Waals surface area contributed by atoms with Gasteiger partial charge in [0, 0.05) is 12.2 Å². The summed E-state index contributed by atoms with van der Waals surface area (Å²) in [5, 5.41) is 5.44. The lowest BCUT2D eigenvalue weighted by Gasteiger charge is -2.10. The molecule has 0 aliphatic rings. The predicted octanol–water partition coefficient (Wildman–Crippen LogP) is 2.46. The van der Waals surface area contributed by atoms with E-state index in [0.717, 1.165) is 0 Å². The zero-order chi connectivity index (χ0) is 17.4. The van der Waals surface area contributed by atoms with Crippen LogP contribution in [-0.2, 0) is 4.79 Å². The van der Waals surface area contributed by atoms with Crippen LogP contribution in [0.4, 0.5) is 5.69 Å². The Morgan fingerprint density at radius 1 is 1.04 bits per heavy atom. The average Bonchev–Trinajstić information content (AvgIpc) is 2.61. The third-order valence-corrected chi connectivity index (χ3v) is 3.21. The van der Waals surface area contributed by atoms with E-state index in [2.05, 4.69) is 10.6 Å². The van der Waals surface area contributed by atoms with Crippen molar-refractivity contribution in [3.63, 3.8) is 0 Å². The summed E-state index contributed by atoms with van der Waals surface area (Å²) in [5.41, 5.74) is 1.08. The number of amides is 2. The van der Waals surface area contributed by atoms with Gasteiger partial charge in [0.2, 0.25) is 0 Å². The van der Waals surface area contributed by atoms with Crippen molar-refractivity contribution in [2.45, 2.75) is 6.92 Å². The van der Waals surface area contributed by atoms with E-state index in [4.69, 9.17) is 9.47 Å². The number of carbonyl (C=O) groups excluding carboxylic acids is 2. The molecule has 2 amide bonds. The Morgan fingerprint density at radius 3 is 2.42 bits per heavy atom. The average molecular weight is 328 g/mol. The van der Waals surface area contributed by atoms with E-state index in [1.165, 1.54) is 7.11 Å². The second-order valence-corrected chi connectivity index (χ2v) is 4.92. The van der Waals surface area contributed by atoms with E-state index in [-0.39, 0.29) is 18.4 Å². The predicted molar refractivity (Wildman–Crippen MR) is 91.6 cm³/mol. The minimum Gasteiger partial charge on any atom is -0.496 e. The second-order valence-electron chi connectivity index (χ2n) is 4.92. The number of carbonyl (C=O) groups is 2. The third kappa shape index (κ3) is 4.74. The maximum absolute atomic E-state index is 12.3. The van der Waals surface area contributed by atoms with Crippen LogP contribution in [0, 0.1) is 0 Å². The van der Waals surface area contributed by atoms with Gasteiger partial charge in [-0.2, -0.15) is 0 Å². The van der Waals surface area contributed by atoms with Crippen molar-refractivity contribution in [2.75, 3.05) is 25.6 Å². The summed E-state index contributed by atoms with van der Waals surface area (Å²) in [6, 6.07) is 13.8. The number of rotatable bonds is 7. The SMILES string of the molecule is CCNC(=O)COc1ccc(NC(=O)c2ccccc2OC)cc1. The molecular weight excluding hydrogens is 308 g/mol. The Morgan fingerprint density at radius 2 is 1.75 bits per heavy atom. The van der Waals surface area contributed by atoms with Crippen molar-refractivity contribution < 1.29 is 19.1 Å². The molecule has 6 nitrogen and oxygen atoms in total. The molecule has 0 bridgehead atoms. The van der Waals surface area contributed by atoms with Crippen molar-refractivity contribution in [1.29, 1.82) is 0 Å². The summed E-state index contributed by atoms with van der Waals surface area (Å²) in [7, 11) is 1.52. The topological polar surface area (TPSA) is 76.7 Å². The van der Waals surface area contributed by atoms with Gasteiger partial charge in [-0.15, -0.1) is 0 Å². The zero-order valence-electron chi connectivity index (χ0n) is 13.7. The maximum Gasteiger partial charge on any atom is 0.259 e. The van der Waals surface area contributed by atoms with Crippen molar-refractivity contribution in [3.05, 3.63) is 54.1 Å². The maximum atomic E-state index is 12.3. The number of hydrogen-bond acceptors (Lipinski definition) is 4. The molecule has 0 saturated heterocycles. The number of nitrogens with one attached hydrogen (secondary N) is 2. The van der Waals surface area contributed by atoms with Crippen molar-refractivity contribution >= 4 is 17.5 Å². The fraction of sp³-hybridized carbons (Fsp3) is 0.222. The first-order chi connectivity index (χ1) is 11.6. The number of para-hydroxylation sites is 1. The second kappa shape index (κ2) is 8.57. The highest BCUT2D eigenvalue weighted by Gasteiger charge is 2.11. The molecule has 24 heavy (non-hydrogen) atoms. The molecule has 0 radical (unpaired) electrons. The molecular formula is C18H20N2O4. The standard InChI is InChI=1S/C18H20N2O4/c1-3-19-17(21)12-24-14-10-8-13(9-11-14)20-18(22)15-6-4-5-7-16(15)23-2/h4-11H,3,12H2,1-2H3,(H,19,21)(H,20,22). The number of ether oxygens (including phenoxy) is 2. The molecule has 0 aliphatic carbocycles. The van der Waals surface area contributed by atoms with Crippen molar-refractivity contribution in [3.8, 4) is 11.5 Å².